The Hall–Kier alpha value is -2.03. The molecule has 1 aromatic heterocycles. The van der Waals surface area contributed by atoms with Crippen molar-refractivity contribution in [2.24, 2.45) is 11.8 Å². The number of rotatable bonds is 4. The van der Waals surface area contributed by atoms with Gasteiger partial charge in [-0.3, -0.25) is 9.59 Å². The standard InChI is InChI=1S/C16H20FN3O4S/c17-13-6-7-14(18-8-13)25(23,24)19-15(21)12-9-20(10-12)16(22)11-4-2-1-3-5-11/h6-8,11-12H,1-5,9-10H2,(H,19,21). The number of amides is 2. The monoisotopic (exact) mass is 369 g/mol. The molecule has 0 radical (unpaired) electrons. The van der Waals surface area contributed by atoms with Crippen LogP contribution in [0.4, 0.5) is 4.39 Å². The second-order valence-electron chi connectivity index (χ2n) is 6.56. The molecule has 1 aliphatic heterocycles. The van der Waals surface area contributed by atoms with Gasteiger partial charge in [0.15, 0.2) is 5.03 Å². The third kappa shape index (κ3) is 3.97. The average molecular weight is 369 g/mol. The summed E-state index contributed by atoms with van der Waals surface area (Å²) in [5, 5.41) is -0.420. The summed E-state index contributed by atoms with van der Waals surface area (Å²) in [5.74, 6) is -1.79. The quantitative estimate of drug-likeness (QED) is 0.856. The SMILES string of the molecule is O=C(NS(=O)(=O)c1ccc(F)cn1)C1CN(C(=O)C2CCCCC2)C1. The normalized spacial score (nSPS) is 19.3. The zero-order valence-corrected chi connectivity index (χ0v) is 14.5. The van der Waals surface area contributed by atoms with Crippen molar-refractivity contribution in [3.63, 3.8) is 0 Å². The molecule has 1 saturated heterocycles. The van der Waals surface area contributed by atoms with E-state index in [0.717, 1.165) is 50.4 Å². The van der Waals surface area contributed by atoms with Crippen LogP contribution in [0.1, 0.15) is 32.1 Å². The van der Waals surface area contributed by atoms with Gasteiger partial charge in [0, 0.05) is 19.0 Å². The zero-order valence-electron chi connectivity index (χ0n) is 13.7. The van der Waals surface area contributed by atoms with E-state index in [2.05, 4.69) is 4.98 Å². The molecule has 136 valence electrons. The first-order valence-corrected chi connectivity index (χ1v) is 9.82. The van der Waals surface area contributed by atoms with Crippen molar-refractivity contribution in [2.45, 2.75) is 37.1 Å². The van der Waals surface area contributed by atoms with Gasteiger partial charge in [0.25, 0.3) is 10.0 Å². The summed E-state index contributed by atoms with van der Waals surface area (Å²) in [7, 11) is -4.14. The molecule has 7 nitrogen and oxygen atoms in total. The molecule has 0 aromatic carbocycles. The Balaban J connectivity index is 1.53. The lowest BCUT2D eigenvalue weighted by Crippen LogP contribution is -2.57. The molecule has 2 heterocycles. The van der Waals surface area contributed by atoms with Crippen LogP contribution in [0.3, 0.4) is 0 Å². The van der Waals surface area contributed by atoms with E-state index < -0.39 is 32.7 Å². The summed E-state index contributed by atoms with van der Waals surface area (Å²) in [5.41, 5.74) is 0. The molecule has 2 amide bonds. The van der Waals surface area contributed by atoms with Gasteiger partial charge in [-0.1, -0.05) is 19.3 Å². The number of hydrogen-bond acceptors (Lipinski definition) is 5. The fourth-order valence-electron chi connectivity index (χ4n) is 3.22. The maximum atomic E-state index is 12.8. The van der Waals surface area contributed by atoms with E-state index >= 15 is 0 Å². The number of pyridine rings is 1. The Morgan fingerprint density at radius 2 is 1.80 bits per heavy atom. The van der Waals surface area contributed by atoms with Crippen LogP contribution >= 0.6 is 0 Å². The first-order chi connectivity index (χ1) is 11.9. The largest absolute Gasteiger partial charge is 0.341 e. The van der Waals surface area contributed by atoms with Gasteiger partial charge < -0.3 is 4.90 Å². The molecule has 0 unspecified atom stereocenters. The molecule has 2 aliphatic rings. The highest BCUT2D eigenvalue weighted by Gasteiger charge is 2.39. The average Bonchev–Trinajstić information content (AvgIpc) is 2.54. The van der Waals surface area contributed by atoms with Gasteiger partial charge >= 0.3 is 0 Å². The maximum Gasteiger partial charge on any atom is 0.281 e. The van der Waals surface area contributed by atoms with Crippen LogP contribution < -0.4 is 4.72 Å². The van der Waals surface area contributed by atoms with E-state index in [9.17, 15) is 22.4 Å². The molecular formula is C16H20FN3O4S. The molecular weight excluding hydrogens is 349 g/mol. The predicted octanol–water partition coefficient (Wildman–Crippen LogP) is 1.06. The molecule has 0 spiro atoms. The Morgan fingerprint density at radius 3 is 2.40 bits per heavy atom. The number of carbonyl (C=O) groups is 2. The number of aromatic nitrogens is 1. The highest BCUT2D eigenvalue weighted by atomic mass is 32.2. The summed E-state index contributed by atoms with van der Waals surface area (Å²) >= 11 is 0. The van der Waals surface area contributed by atoms with Crippen molar-refractivity contribution in [1.82, 2.24) is 14.6 Å². The first-order valence-electron chi connectivity index (χ1n) is 8.34. The molecule has 0 atom stereocenters. The van der Waals surface area contributed by atoms with Crippen LogP contribution in [0, 0.1) is 17.7 Å². The van der Waals surface area contributed by atoms with Crippen molar-refractivity contribution in [2.75, 3.05) is 13.1 Å². The van der Waals surface area contributed by atoms with E-state index in [0.29, 0.717) is 0 Å². The van der Waals surface area contributed by atoms with Gasteiger partial charge in [-0.05, 0) is 25.0 Å². The van der Waals surface area contributed by atoms with Crippen molar-refractivity contribution >= 4 is 21.8 Å². The van der Waals surface area contributed by atoms with Gasteiger partial charge in [-0.2, -0.15) is 8.42 Å². The van der Waals surface area contributed by atoms with E-state index in [1.54, 1.807) is 4.90 Å². The maximum absolute atomic E-state index is 12.8. The lowest BCUT2D eigenvalue weighted by molar-refractivity contribution is -0.146. The highest BCUT2D eigenvalue weighted by molar-refractivity contribution is 7.90. The summed E-state index contributed by atoms with van der Waals surface area (Å²) < 4.78 is 38.9. The number of halogens is 1. The molecule has 0 bridgehead atoms. The number of sulfonamides is 1. The lowest BCUT2D eigenvalue weighted by atomic mass is 9.86. The molecule has 2 fully saturated rings. The first kappa shape index (κ1) is 17.8. The van der Waals surface area contributed by atoms with Crippen LogP contribution in [0.2, 0.25) is 0 Å². The van der Waals surface area contributed by atoms with E-state index in [4.69, 9.17) is 0 Å². The number of hydrogen-bond donors (Lipinski definition) is 1. The summed E-state index contributed by atoms with van der Waals surface area (Å²) in [6.07, 6.45) is 5.80. The summed E-state index contributed by atoms with van der Waals surface area (Å²) in [6, 6.07) is 1.95. The van der Waals surface area contributed by atoms with Crippen molar-refractivity contribution in [3.8, 4) is 0 Å². The second-order valence-corrected chi connectivity index (χ2v) is 8.19. The zero-order chi connectivity index (χ0) is 18.0. The minimum Gasteiger partial charge on any atom is -0.341 e. The van der Waals surface area contributed by atoms with Crippen molar-refractivity contribution < 1.29 is 22.4 Å². The van der Waals surface area contributed by atoms with Crippen LogP contribution in [0.25, 0.3) is 0 Å². The molecule has 3 rings (SSSR count). The molecule has 1 aliphatic carbocycles. The number of nitrogens with zero attached hydrogens (tertiary/aromatic N) is 2. The Kier molecular flexibility index (Phi) is 5.03. The van der Waals surface area contributed by atoms with E-state index in [-0.39, 0.29) is 24.9 Å². The molecule has 1 saturated carbocycles. The van der Waals surface area contributed by atoms with Gasteiger partial charge in [0.1, 0.15) is 5.82 Å². The third-order valence-corrected chi connectivity index (χ3v) is 5.99. The molecule has 25 heavy (non-hydrogen) atoms. The summed E-state index contributed by atoms with van der Waals surface area (Å²) in [6.45, 7) is 0.459. The Labute approximate surface area is 145 Å². The lowest BCUT2D eigenvalue weighted by Gasteiger charge is -2.40. The fraction of sp³-hybridized carbons (Fsp3) is 0.562. The Bertz CT molecular complexity index is 754. The van der Waals surface area contributed by atoms with Gasteiger partial charge in [-0.25, -0.2) is 14.1 Å². The van der Waals surface area contributed by atoms with E-state index in [1.807, 2.05) is 4.72 Å². The number of carbonyl (C=O) groups excluding carboxylic acids is 2. The third-order valence-electron chi connectivity index (χ3n) is 4.73. The highest BCUT2D eigenvalue weighted by Crippen LogP contribution is 2.28. The Morgan fingerprint density at radius 1 is 1.12 bits per heavy atom. The number of nitrogens with one attached hydrogen (secondary N) is 1. The van der Waals surface area contributed by atoms with E-state index in [1.165, 1.54) is 0 Å². The van der Waals surface area contributed by atoms with Crippen LogP contribution in [0.15, 0.2) is 23.4 Å². The van der Waals surface area contributed by atoms with Crippen LogP contribution in [-0.2, 0) is 19.6 Å². The van der Waals surface area contributed by atoms with Crippen LogP contribution in [-0.4, -0.2) is 43.2 Å². The van der Waals surface area contributed by atoms with Gasteiger partial charge in [-0.15, -0.1) is 0 Å². The van der Waals surface area contributed by atoms with Gasteiger partial charge in [0.2, 0.25) is 11.8 Å². The van der Waals surface area contributed by atoms with Crippen molar-refractivity contribution in [1.29, 1.82) is 0 Å². The predicted molar refractivity (Wildman–Crippen MR) is 86.2 cm³/mol. The topological polar surface area (TPSA) is 96.4 Å². The fourth-order valence-corrected chi connectivity index (χ4v) is 4.20. The number of likely N-dealkylation sites (tertiary alicyclic amines) is 1. The molecule has 1 N–H and O–H groups in total. The molecule has 1 aromatic rings. The van der Waals surface area contributed by atoms with Crippen molar-refractivity contribution in [3.05, 3.63) is 24.1 Å². The van der Waals surface area contributed by atoms with Gasteiger partial charge in [0.05, 0.1) is 12.1 Å². The second kappa shape index (κ2) is 7.07. The van der Waals surface area contributed by atoms with Crippen LogP contribution in [0.5, 0.6) is 0 Å². The smallest absolute Gasteiger partial charge is 0.281 e. The minimum absolute atomic E-state index is 0.0323. The summed E-state index contributed by atoms with van der Waals surface area (Å²) in [4.78, 5) is 29.5. The molecule has 9 heteroatoms. The minimum atomic E-state index is -4.14.